The number of amides is 4. The number of aromatic amines is 2. The zero-order chi connectivity index (χ0) is 46.2. The number of carbonyl (C=O) groups is 4. The highest BCUT2D eigenvalue weighted by atomic mass is 16.5. The number of hydrogen-bond donors (Lipinski definition) is 3. The fourth-order valence-corrected chi connectivity index (χ4v) is 10.3. The van der Waals surface area contributed by atoms with E-state index in [9.17, 15) is 19.2 Å². The summed E-state index contributed by atoms with van der Waals surface area (Å²) in [5.74, 6) is 1.81. The summed E-state index contributed by atoms with van der Waals surface area (Å²) in [6, 6.07) is 26.1. The Kier molecular flexibility index (Phi) is 12.1. The number of carbonyl (C=O) groups excluding carboxylic acids is 4. The zero-order valence-electron chi connectivity index (χ0n) is 37.8. The second-order valence-corrected chi connectivity index (χ2v) is 17.7. The van der Waals surface area contributed by atoms with Crippen LogP contribution in [0.5, 0.6) is 5.75 Å². The first-order chi connectivity index (χ1) is 32.7. The predicted octanol–water partition coefficient (Wildman–Crippen LogP) is 8.10. The van der Waals surface area contributed by atoms with Gasteiger partial charge in [0.15, 0.2) is 0 Å². The molecule has 16 heteroatoms. The average Bonchev–Trinajstić information content (AvgIpc) is 4.22. The molecule has 2 aromatic heterocycles. The van der Waals surface area contributed by atoms with Crippen LogP contribution in [0.25, 0.3) is 44.4 Å². The third-order valence-electron chi connectivity index (χ3n) is 13.9. The summed E-state index contributed by atoms with van der Waals surface area (Å²) < 4.78 is 21.8. The van der Waals surface area contributed by atoms with E-state index in [0.717, 1.165) is 81.5 Å². The number of nitrogens with zero attached hydrogens (tertiary/aromatic N) is 5. The number of ether oxygens (including phenoxy) is 4. The zero-order valence-corrected chi connectivity index (χ0v) is 37.8. The van der Waals surface area contributed by atoms with Crippen molar-refractivity contribution >= 4 is 34.8 Å². The van der Waals surface area contributed by atoms with E-state index in [1.807, 2.05) is 52.4 Å². The van der Waals surface area contributed by atoms with Gasteiger partial charge in [0.2, 0.25) is 5.91 Å². The van der Waals surface area contributed by atoms with Crippen LogP contribution < -0.4 is 10.1 Å². The summed E-state index contributed by atoms with van der Waals surface area (Å²) in [5, 5.41) is 4.97. The van der Waals surface area contributed by atoms with Gasteiger partial charge in [0.25, 0.3) is 5.91 Å². The summed E-state index contributed by atoms with van der Waals surface area (Å²) in [6.07, 6.45) is 5.13. The number of likely N-dealkylation sites (tertiary alicyclic amines) is 2. The number of methoxy groups -OCH3 is 2. The van der Waals surface area contributed by atoms with Crippen LogP contribution in [0.1, 0.15) is 79.6 Å². The largest absolute Gasteiger partial charge is 0.487 e. The minimum Gasteiger partial charge on any atom is -0.487 e. The minimum absolute atomic E-state index is 0.0448. The molecule has 3 fully saturated rings. The number of likely N-dealkylation sites (N-methyl/N-ethyl adjacent to an activating group) is 1. The SMILES string of the molecule is COC(=O)N[C@H](C(=O)N1CCC[C@H]1c1nc2c([nH]1)COc1cc(-c3ccc4cc(-c5cnc([C@@H]6CCCN6C(=O)[C@@H](c6ccccc6)N(C)C(=O)OC)[nH]5)ccc4c3)ccc1-2)C1CCOCC1. The van der Waals surface area contributed by atoms with Gasteiger partial charge in [-0.05, 0) is 96.2 Å². The van der Waals surface area contributed by atoms with Crippen molar-refractivity contribution in [1.82, 2.24) is 40.0 Å². The molecule has 4 atom stereocenters. The van der Waals surface area contributed by atoms with E-state index in [4.69, 9.17) is 28.9 Å². The van der Waals surface area contributed by atoms with Gasteiger partial charge in [-0.1, -0.05) is 60.7 Å². The molecule has 0 unspecified atom stereocenters. The van der Waals surface area contributed by atoms with E-state index in [0.29, 0.717) is 63.0 Å². The van der Waals surface area contributed by atoms with E-state index in [-0.39, 0.29) is 29.8 Å². The number of H-pyrrole nitrogens is 2. The molecule has 4 amide bonds. The first kappa shape index (κ1) is 43.7. The first-order valence-electron chi connectivity index (χ1n) is 23.0. The standard InChI is InChI=1S/C51H54N8O8/c1-57(51(63)65-3)45(31-9-5-4-6-10-31)49(61)59-22-7-11-40(59)46-52-28-38(53-46)36-16-15-32-25-33(13-14-34(32)26-36)35-17-18-37-42(27-35)67-29-39-44(37)55-47(54-39)41-12-8-21-58(41)48(60)43(56-50(62)64-2)30-19-23-66-24-20-30/h4-6,9-10,13-18,25-28,30,40-41,43,45H,7-8,11-12,19-24,29H2,1-3H3,(H,52,53)(H,54,55)(H,56,62)/t40-,41-,43-,45+/m0/s1. The molecule has 3 saturated heterocycles. The molecular weight excluding hydrogens is 853 g/mol. The van der Waals surface area contributed by atoms with Gasteiger partial charge in [-0.15, -0.1) is 0 Å². The van der Waals surface area contributed by atoms with Gasteiger partial charge in [0.1, 0.15) is 36.1 Å². The second kappa shape index (κ2) is 18.6. The van der Waals surface area contributed by atoms with Crippen LogP contribution in [-0.4, -0.2) is 112 Å². The number of alkyl carbamates (subject to hydrolysis) is 1. The number of fused-ring (bicyclic) bond motifs is 4. The van der Waals surface area contributed by atoms with Crippen LogP contribution >= 0.6 is 0 Å². The Labute approximate surface area is 387 Å². The van der Waals surface area contributed by atoms with Crippen molar-refractivity contribution in [3.05, 3.63) is 114 Å². The van der Waals surface area contributed by atoms with Crippen molar-refractivity contribution in [3.8, 4) is 39.4 Å². The van der Waals surface area contributed by atoms with Crippen LogP contribution in [0.4, 0.5) is 9.59 Å². The van der Waals surface area contributed by atoms with E-state index in [2.05, 4.69) is 63.8 Å². The lowest BCUT2D eigenvalue weighted by molar-refractivity contribution is -0.137. The Hall–Kier alpha value is -7.20. The number of hydrogen-bond acceptors (Lipinski definition) is 10. The molecule has 0 spiro atoms. The van der Waals surface area contributed by atoms with Gasteiger partial charge >= 0.3 is 12.2 Å². The Morgan fingerprint density at radius 2 is 1.45 bits per heavy atom. The molecule has 67 heavy (non-hydrogen) atoms. The topological polar surface area (TPSA) is 184 Å². The maximum Gasteiger partial charge on any atom is 0.410 e. The first-order valence-corrected chi connectivity index (χ1v) is 23.0. The van der Waals surface area contributed by atoms with Crippen molar-refractivity contribution < 1.29 is 38.1 Å². The van der Waals surface area contributed by atoms with Gasteiger partial charge in [0.05, 0.1) is 49.6 Å². The Morgan fingerprint density at radius 1 is 0.776 bits per heavy atom. The fraction of sp³-hybridized carbons (Fsp3) is 0.373. The van der Waals surface area contributed by atoms with Crippen LogP contribution in [0.2, 0.25) is 0 Å². The molecular formula is C51H54N8O8. The van der Waals surface area contributed by atoms with Crippen LogP contribution in [0.3, 0.4) is 0 Å². The Balaban J connectivity index is 0.844. The molecule has 0 radical (unpaired) electrons. The highest BCUT2D eigenvalue weighted by molar-refractivity contribution is 5.92. The molecule has 16 nitrogen and oxygen atoms in total. The fourth-order valence-electron chi connectivity index (χ4n) is 10.3. The van der Waals surface area contributed by atoms with E-state index < -0.39 is 24.3 Å². The molecule has 4 aliphatic heterocycles. The van der Waals surface area contributed by atoms with Crippen molar-refractivity contribution in [2.24, 2.45) is 5.92 Å². The lowest BCUT2D eigenvalue weighted by atomic mass is 9.90. The normalized spacial score (nSPS) is 19.0. The summed E-state index contributed by atoms with van der Waals surface area (Å²) in [7, 11) is 4.21. The summed E-state index contributed by atoms with van der Waals surface area (Å²) in [6.45, 7) is 2.55. The summed E-state index contributed by atoms with van der Waals surface area (Å²) >= 11 is 0. The summed E-state index contributed by atoms with van der Waals surface area (Å²) in [5.41, 5.74) is 7.15. The van der Waals surface area contributed by atoms with E-state index in [1.165, 1.54) is 19.1 Å². The van der Waals surface area contributed by atoms with Gasteiger partial charge in [0, 0.05) is 44.5 Å². The number of nitrogens with one attached hydrogen (secondary N) is 3. The molecule has 0 bridgehead atoms. The van der Waals surface area contributed by atoms with Crippen molar-refractivity contribution in [2.45, 2.75) is 69.3 Å². The van der Waals surface area contributed by atoms with E-state index >= 15 is 0 Å². The Morgan fingerprint density at radius 3 is 2.18 bits per heavy atom. The molecule has 6 heterocycles. The highest BCUT2D eigenvalue weighted by Crippen LogP contribution is 2.42. The molecule has 3 N–H and O–H groups in total. The van der Waals surface area contributed by atoms with Gasteiger partial charge in [-0.3, -0.25) is 14.5 Å². The summed E-state index contributed by atoms with van der Waals surface area (Å²) in [4.78, 5) is 75.3. The number of aromatic nitrogens is 4. The maximum absolute atomic E-state index is 14.2. The number of benzene rings is 4. The third-order valence-corrected chi connectivity index (χ3v) is 13.9. The van der Waals surface area contributed by atoms with Crippen LogP contribution in [0.15, 0.2) is 91.1 Å². The number of rotatable bonds is 10. The molecule has 6 aromatic rings. The quantitative estimate of drug-likeness (QED) is 0.121. The molecule has 4 aromatic carbocycles. The molecule has 10 rings (SSSR count). The van der Waals surface area contributed by atoms with Gasteiger partial charge < -0.3 is 44.0 Å². The van der Waals surface area contributed by atoms with Gasteiger partial charge in [-0.2, -0.15) is 0 Å². The highest BCUT2D eigenvalue weighted by Gasteiger charge is 2.42. The van der Waals surface area contributed by atoms with Crippen LogP contribution in [-0.2, 0) is 30.4 Å². The van der Waals surface area contributed by atoms with Crippen LogP contribution in [0, 0.1) is 5.92 Å². The van der Waals surface area contributed by atoms with Crippen molar-refractivity contribution in [3.63, 3.8) is 0 Å². The molecule has 346 valence electrons. The second-order valence-electron chi connectivity index (χ2n) is 17.7. The average molecular weight is 907 g/mol. The third kappa shape index (κ3) is 8.45. The number of imidazole rings is 2. The predicted molar refractivity (Wildman–Crippen MR) is 248 cm³/mol. The molecule has 0 saturated carbocycles. The monoisotopic (exact) mass is 906 g/mol. The maximum atomic E-state index is 14.2. The molecule has 4 aliphatic rings. The molecule has 0 aliphatic carbocycles. The van der Waals surface area contributed by atoms with Crippen molar-refractivity contribution in [2.75, 3.05) is 47.6 Å². The minimum atomic E-state index is -0.838. The lowest BCUT2D eigenvalue weighted by Gasteiger charge is -2.34. The van der Waals surface area contributed by atoms with E-state index in [1.54, 1.807) is 7.05 Å². The lowest BCUT2D eigenvalue weighted by Crippen LogP contribution is -2.53. The Bertz CT molecular complexity index is 2820. The smallest absolute Gasteiger partial charge is 0.410 e. The van der Waals surface area contributed by atoms with Gasteiger partial charge in [-0.25, -0.2) is 19.6 Å². The van der Waals surface area contributed by atoms with Crippen molar-refractivity contribution in [1.29, 1.82) is 0 Å².